The number of hydrogen-bond donors (Lipinski definition) is 1. The molecule has 0 aliphatic carbocycles. The van der Waals surface area contributed by atoms with Crippen LogP contribution in [0.4, 0.5) is 0 Å². The monoisotopic (exact) mass is 359 g/mol. The van der Waals surface area contributed by atoms with E-state index in [2.05, 4.69) is 11.1 Å². The number of aromatic nitrogens is 2. The number of aromatic amines is 1. The van der Waals surface area contributed by atoms with Crippen molar-refractivity contribution < 1.29 is 0 Å². The molecule has 5 nitrogen and oxygen atoms in total. The van der Waals surface area contributed by atoms with Crippen molar-refractivity contribution in [3.8, 4) is 17.2 Å². The first-order chi connectivity index (χ1) is 12.7. The number of H-pyrrole nitrogens is 1. The summed E-state index contributed by atoms with van der Waals surface area (Å²) < 4.78 is 1.18. The summed E-state index contributed by atoms with van der Waals surface area (Å²) in [6.07, 6.45) is 0. The van der Waals surface area contributed by atoms with Crippen LogP contribution < -0.4 is 11.2 Å². The highest BCUT2D eigenvalue weighted by molar-refractivity contribution is 7.17. The van der Waals surface area contributed by atoms with Gasteiger partial charge in [-0.15, -0.1) is 11.3 Å². The second-order valence-corrected chi connectivity index (χ2v) is 6.73. The van der Waals surface area contributed by atoms with Crippen LogP contribution in [0.15, 0.2) is 69.6 Å². The Balaban J connectivity index is 1.89. The molecule has 0 saturated heterocycles. The second-order valence-electron chi connectivity index (χ2n) is 5.85. The van der Waals surface area contributed by atoms with Crippen molar-refractivity contribution in [1.82, 2.24) is 9.55 Å². The van der Waals surface area contributed by atoms with Crippen LogP contribution in [0.5, 0.6) is 0 Å². The van der Waals surface area contributed by atoms with E-state index in [9.17, 15) is 9.59 Å². The molecule has 26 heavy (non-hydrogen) atoms. The van der Waals surface area contributed by atoms with E-state index in [0.717, 1.165) is 16.7 Å². The minimum Gasteiger partial charge on any atom is -0.298 e. The van der Waals surface area contributed by atoms with E-state index < -0.39 is 5.69 Å². The lowest BCUT2D eigenvalue weighted by atomic mass is 10.1. The fourth-order valence-corrected chi connectivity index (χ4v) is 3.90. The number of nitrogens with zero attached hydrogens (tertiary/aromatic N) is 2. The normalized spacial score (nSPS) is 10.7. The SMILES string of the molecule is N#Cc1cccc(Cn2c(=O)[nH]c3scc(-c4ccccc4)c3c2=O)c1. The zero-order chi connectivity index (χ0) is 18.1. The summed E-state index contributed by atoms with van der Waals surface area (Å²) in [6, 6.07) is 18.6. The molecule has 2 aromatic heterocycles. The minimum absolute atomic E-state index is 0.115. The van der Waals surface area contributed by atoms with Gasteiger partial charge in [0.05, 0.1) is 23.6 Å². The fourth-order valence-electron chi connectivity index (χ4n) is 2.95. The van der Waals surface area contributed by atoms with Crippen LogP contribution in [-0.2, 0) is 6.54 Å². The lowest BCUT2D eigenvalue weighted by Gasteiger charge is -2.06. The van der Waals surface area contributed by atoms with E-state index in [4.69, 9.17) is 5.26 Å². The summed E-state index contributed by atoms with van der Waals surface area (Å²) in [5.74, 6) is 0. The molecule has 0 bridgehead atoms. The molecule has 0 fully saturated rings. The number of nitriles is 1. The van der Waals surface area contributed by atoms with E-state index in [1.54, 1.807) is 24.3 Å². The van der Waals surface area contributed by atoms with Gasteiger partial charge in [0.25, 0.3) is 5.56 Å². The first-order valence-corrected chi connectivity index (χ1v) is 8.84. The molecule has 1 N–H and O–H groups in total. The highest BCUT2D eigenvalue weighted by atomic mass is 32.1. The zero-order valence-electron chi connectivity index (χ0n) is 13.6. The molecule has 2 heterocycles. The highest BCUT2D eigenvalue weighted by Gasteiger charge is 2.15. The number of thiophene rings is 1. The number of benzene rings is 2. The molecule has 4 rings (SSSR count). The predicted molar refractivity (Wildman–Crippen MR) is 102 cm³/mol. The molecular formula is C20H13N3O2S. The number of nitrogens with one attached hydrogen (secondary N) is 1. The Hall–Kier alpha value is -3.43. The standard InChI is InChI=1S/C20H13N3O2S/c21-10-13-5-4-6-14(9-13)11-23-19(24)17-16(15-7-2-1-3-8-15)12-26-18(17)22-20(23)25/h1-9,12H,11H2,(H,22,25). The number of hydrogen-bond acceptors (Lipinski definition) is 4. The van der Waals surface area contributed by atoms with Crippen molar-refractivity contribution in [1.29, 1.82) is 5.26 Å². The highest BCUT2D eigenvalue weighted by Crippen LogP contribution is 2.29. The molecule has 0 atom stereocenters. The largest absolute Gasteiger partial charge is 0.329 e. The molecule has 2 aromatic carbocycles. The van der Waals surface area contributed by atoms with Crippen molar-refractivity contribution in [2.45, 2.75) is 6.54 Å². The second kappa shape index (κ2) is 6.47. The summed E-state index contributed by atoms with van der Waals surface area (Å²) in [5.41, 5.74) is 2.19. The van der Waals surface area contributed by atoms with E-state index in [1.165, 1.54) is 15.9 Å². The molecule has 0 aliphatic heterocycles. The third-order valence-electron chi connectivity index (χ3n) is 4.20. The van der Waals surface area contributed by atoms with E-state index in [-0.39, 0.29) is 12.1 Å². The quantitative estimate of drug-likeness (QED) is 0.609. The summed E-state index contributed by atoms with van der Waals surface area (Å²) in [4.78, 5) is 28.8. The molecule has 126 valence electrons. The van der Waals surface area contributed by atoms with Crippen molar-refractivity contribution in [2.75, 3.05) is 0 Å². The van der Waals surface area contributed by atoms with Gasteiger partial charge in [0.2, 0.25) is 0 Å². The summed E-state index contributed by atoms with van der Waals surface area (Å²) in [6.45, 7) is 0.115. The Morgan fingerprint density at radius 3 is 2.65 bits per heavy atom. The van der Waals surface area contributed by atoms with Crippen molar-refractivity contribution in [3.05, 3.63) is 91.9 Å². The van der Waals surface area contributed by atoms with Gasteiger partial charge in [-0.25, -0.2) is 4.79 Å². The first-order valence-electron chi connectivity index (χ1n) is 7.96. The van der Waals surface area contributed by atoms with Crippen LogP contribution in [0.3, 0.4) is 0 Å². The molecule has 0 aliphatic rings. The van der Waals surface area contributed by atoms with Crippen LogP contribution >= 0.6 is 11.3 Å². The third kappa shape index (κ3) is 2.75. The topological polar surface area (TPSA) is 78.7 Å². The van der Waals surface area contributed by atoms with Gasteiger partial charge in [-0.2, -0.15) is 5.26 Å². The molecule has 0 unspecified atom stereocenters. The maximum Gasteiger partial charge on any atom is 0.329 e. The first kappa shape index (κ1) is 16.1. The van der Waals surface area contributed by atoms with Gasteiger partial charge < -0.3 is 0 Å². The maximum absolute atomic E-state index is 13.0. The van der Waals surface area contributed by atoms with Crippen molar-refractivity contribution in [2.24, 2.45) is 0 Å². The Bertz CT molecular complexity index is 1260. The van der Waals surface area contributed by atoms with Crippen LogP contribution in [-0.4, -0.2) is 9.55 Å². The molecule has 6 heteroatoms. The van der Waals surface area contributed by atoms with E-state index in [0.29, 0.717) is 15.8 Å². The Morgan fingerprint density at radius 1 is 1.08 bits per heavy atom. The third-order valence-corrected chi connectivity index (χ3v) is 5.09. The molecule has 0 amide bonds. The van der Waals surface area contributed by atoms with Gasteiger partial charge in [-0.1, -0.05) is 42.5 Å². The van der Waals surface area contributed by atoms with E-state index >= 15 is 0 Å². The molecule has 0 spiro atoms. The van der Waals surface area contributed by atoms with Gasteiger partial charge in [0.15, 0.2) is 0 Å². The Morgan fingerprint density at radius 2 is 1.88 bits per heavy atom. The molecule has 4 aromatic rings. The zero-order valence-corrected chi connectivity index (χ0v) is 14.4. The lowest BCUT2D eigenvalue weighted by Crippen LogP contribution is -2.35. The lowest BCUT2D eigenvalue weighted by molar-refractivity contribution is 0.713. The number of fused-ring (bicyclic) bond motifs is 1. The Kier molecular flexibility index (Phi) is 3.99. The van der Waals surface area contributed by atoms with Crippen LogP contribution in [0, 0.1) is 11.3 Å². The molecule has 0 radical (unpaired) electrons. The maximum atomic E-state index is 13.0. The fraction of sp³-hybridized carbons (Fsp3) is 0.0500. The average molecular weight is 359 g/mol. The minimum atomic E-state index is -0.452. The molecular weight excluding hydrogens is 346 g/mol. The summed E-state index contributed by atoms with van der Waals surface area (Å²) in [7, 11) is 0. The smallest absolute Gasteiger partial charge is 0.298 e. The average Bonchev–Trinajstić information content (AvgIpc) is 3.10. The van der Waals surface area contributed by atoms with E-state index in [1.807, 2.05) is 35.7 Å². The van der Waals surface area contributed by atoms with Gasteiger partial charge >= 0.3 is 5.69 Å². The van der Waals surface area contributed by atoms with Gasteiger partial charge in [-0.05, 0) is 23.3 Å². The van der Waals surface area contributed by atoms with Gasteiger partial charge in [-0.3, -0.25) is 14.3 Å². The van der Waals surface area contributed by atoms with Crippen LogP contribution in [0.1, 0.15) is 11.1 Å². The van der Waals surface area contributed by atoms with Crippen molar-refractivity contribution in [3.63, 3.8) is 0 Å². The number of rotatable bonds is 3. The van der Waals surface area contributed by atoms with Gasteiger partial charge in [0.1, 0.15) is 4.83 Å². The van der Waals surface area contributed by atoms with Crippen LogP contribution in [0.25, 0.3) is 21.3 Å². The summed E-state index contributed by atoms with van der Waals surface area (Å²) >= 11 is 1.35. The summed E-state index contributed by atoms with van der Waals surface area (Å²) in [5, 5.41) is 11.4. The van der Waals surface area contributed by atoms with Crippen molar-refractivity contribution >= 4 is 21.6 Å². The van der Waals surface area contributed by atoms with Gasteiger partial charge in [0, 0.05) is 10.9 Å². The molecule has 0 saturated carbocycles. The predicted octanol–water partition coefficient (Wildman–Crippen LogP) is 3.34. The Labute approximate surface area is 152 Å². The van der Waals surface area contributed by atoms with Crippen LogP contribution in [0.2, 0.25) is 0 Å².